The summed E-state index contributed by atoms with van der Waals surface area (Å²) in [4.78, 5) is 0. The lowest BCUT2D eigenvalue weighted by molar-refractivity contribution is -0.206. The van der Waals surface area contributed by atoms with Crippen LogP contribution in [0.25, 0.3) is 22.3 Å². The third kappa shape index (κ3) is 7.20. The highest BCUT2D eigenvalue weighted by molar-refractivity contribution is 5.71. The third-order valence-electron chi connectivity index (χ3n) is 7.27. The van der Waals surface area contributed by atoms with Crippen molar-refractivity contribution in [3.05, 3.63) is 125 Å². The van der Waals surface area contributed by atoms with Gasteiger partial charge in [-0.1, -0.05) is 36.4 Å². The Morgan fingerprint density at radius 1 is 0.733 bits per heavy atom. The minimum Gasteiger partial charge on any atom is -0.429 e. The highest BCUT2D eigenvalue weighted by atomic mass is 19.3. The van der Waals surface area contributed by atoms with E-state index in [0.29, 0.717) is 17.7 Å². The van der Waals surface area contributed by atoms with Crippen LogP contribution in [0.4, 0.5) is 35.1 Å². The van der Waals surface area contributed by atoms with Crippen molar-refractivity contribution in [3.8, 4) is 28.0 Å². The Morgan fingerprint density at radius 3 is 1.89 bits per heavy atom. The van der Waals surface area contributed by atoms with E-state index in [1.54, 1.807) is 0 Å². The summed E-state index contributed by atoms with van der Waals surface area (Å²) in [6, 6.07) is 11.2. The minimum atomic E-state index is -4.41. The van der Waals surface area contributed by atoms with Gasteiger partial charge in [0.05, 0.1) is 13.2 Å². The van der Waals surface area contributed by atoms with Gasteiger partial charge < -0.3 is 14.2 Å². The number of ether oxygens (including phenoxy) is 3. The molecule has 11 heteroatoms. The quantitative estimate of drug-likeness (QED) is 0.104. The number of allylic oxidation sites excluding steroid dienone is 2. The summed E-state index contributed by atoms with van der Waals surface area (Å²) in [6.07, 6.45) is 0.0277. The summed E-state index contributed by atoms with van der Waals surface area (Å²) in [7, 11) is 0. The largest absolute Gasteiger partial charge is 0.432 e. The van der Waals surface area contributed by atoms with E-state index in [4.69, 9.17) is 9.47 Å². The first-order chi connectivity index (χ1) is 21.5. The molecule has 0 bridgehead atoms. The van der Waals surface area contributed by atoms with Crippen molar-refractivity contribution < 1.29 is 49.3 Å². The maximum Gasteiger partial charge on any atom is 0.432 e. The molecular formula is C34H26F8O3. The molecular weight excluding hydrogens is 608 g/mol. The van der Waals surface area contributed by atoms with Gasteiger partial charge in [-0.05, 0) is 78.9 Å². The molecule has 0 atom stereocenters. The fourth-order valence-corrected chi connectivity index (χ4v) is 4.96. The first-order valence-electron chi connectivity index (χ1n) is 13.9. The van der Waals surface area contributed by atoms with Gasteiger partial charge in [-0.25, -0.2) is 26.3 Å². The Labute approximate surface area is 253 Å². The summed E-state index contributed by atoms with van der Waals surface area (Å²) in [5.41, 5.74) is -1.50. The predicted molar refractivity (Wildman–Crippen MR) is 150 cm³/mol. The average Bonchev–Trinajstić information content (AvgIpc) is 2.99. The third-order valence-corrected chi connectivity index (χ3v) is 7.27. The maximum atomic E-state index is 15.0. The van der Waals surface area contributed by atoms with Crippen LogP contribution in [0.1, 0.15) is 37.2 Å². The zero-order chi connectivity index (χ0) is 32.3. The SMILES string of the molecule is CC=CCCC1COC(c2cc(F)c(C(F)(F)Oc3ccc(-c4ccc(-c5cc(F)c(F)c(F)c5)c(F)c4)cc3)c(F)c2)OC1. The van der Waals surface area contributed by atoms with Gasteiger partial charge in [0.25, 0.3) is 0 Å². The van der Waals surface area contributed by atoms with E-state index in [9.17, 15) is 26.3 Å². The van der Waals surface area contributed by atoms with Crippen LogP contribution < -0.4 is 4.74 Å². The number of alkyl halides is 2. The molecule has 0 N–H and O–H groups in total. The van der Waals surface area contributed by atoms with E-state index in [2.05, 4.69) is 4.74 Å². The molecule has 1 fully saturated rings. The van der Waals surface area contributed by atoms with Gasteiger partial charge in [0.1, 0.15) is 28.8 Å². The van der Waals surface area contributed by atoms with Gasteiger partial charge in [-0.15, -0.1) is 0 Å². The molecule has 0 aliphatic carbocycles. The van der Waals surface area contributed by atoms with Crippen molar-refractivity contribution in [2.45, 2.75) is 32.2 Å². The summed E-state index contributed by atoms with van der Waals surface area (Å²) in [6.45, 7) is 2.48. The van der Waals surface area contributed by atoms with E-state index in [0.717, 1.165) is 43.2 Å². The summed E-state index contributed by atoms with van der Waals surface area (Å²) < 4.78 is 131. The average molecular weight is 635 g/mol. The van der Waals surface area contributed by atoms with Crippen LogP contribution in [-0.2, 0) is 15.6 Å². The van der Waals surface area contributed by atoms with Gasteiger partial charge in [-0.2, -0.15) is 8.78 Å². The molecule has 1 saturated heterocycles. The molecule has 4 aromatic rings. The zero-order valence-corrected chi connectivity index (χ0v) is 23.7. The Bertz CT molecular complexity index is 1650. The smallest absolute Gasteiger partial charge is 0.429 e. The Hall–Kier alpha value is -4.22. The van der Waals surface area contributed by atoms with Crippen LogP contribution >= 0.6 is 0 Å². The van der Waals surface area contributed by atoms with Crippen LogP contribution in [-0.4, -0.2) is 13.2 Å². The van der Waals surface area contributed by atoms with E-state index in [-0.39, 0.29) is 41.4 Å². The minimum absolute atomic E-state index is 0.0891. The number of rotatable bonds is 9. The highest BCUT2D eigenvalue weighted by Gasteiger charge is 2.42. The zero-order valence-electron chi connectivity index (χ0n) is 23.7. The first-order valence-corrected chi connectivity index (χ1v) is 13.9. The van der Waals surface area contributed by atoms with Crippen LogP contribution in [0.5, 0.6) is 5.75 Å². The van der Waals surface area contributed by atoms with Crippen molar-refractivity contribution in [3.63, 3.8) is 0 Å². The van der Waals surface area contributed by atoms with Gasteiger partial charge in [0.2, 0.25) is 0 Å². The molecule has 45 heavy (non-hydrogen) atoms. The normalized spacial score (nSPS) is 17.2. The van der Waals surface area contributed by atoms with Gasteiger partial charge in [0.15, 0.2) is 23.7 Å². The number of benzene rings is 4. The summed E-state index contributed by atoms with van der Waals surface area (Å²) in [5.74, 6) is -8.97. The fraction of sp³-hybridized carbons (Fsp3) is 0.235. The lowest BCUT2D eigenvalue weighted by atomic mass is 9.99. The number of hydrogen-bond donors (Lipinski definition) is 0. The van der Waals surface area contributed by atoms with Gasteiger partial charge in [0, 0.05) is 17.0 Å². The van der Waals surface area contributed by atoms with Crippen molar-refractivity contribution in [2.75, 3.05) is 13.2 Å². The molecule has 236 valence electrons. The van der Waals surface area contributed by atoms with Crippen molar-refractivity contribution in [1.29, 1.82) is 0 Å². The van der Waals surface area contributed by atoms with Crippen molar-refractivity contribution >= 4 is 0 Å². The highest BCUT2D eigenvalue weighted by Crippen LogP contribution is 2.38. The lowest BCUT2D eigenvalue weighted by Gasteiger charge is -2.30. The molecule has 0 saturated carbocycles. The van der Waals surface area contributed by atoms with Crippen LogP contribution in [0.2, 0.25) is 0 Å². The molecule has 1 heterocycles. The van der Waals surface area contributed by atoms with Gasteiger partial charge in [-0.3, -0.25) is 0 Å². The van der Waals surface area contributed by atoms with Gasteiger partial charge >= 0.3 is 6.11 Å². The van der Waals surface area contributed by atoms with E-state index < -0.39 is 58.6 Å². The second-order valence-corrected chi connectivity index (χ2v) is 10.5. The molecule has 0 radical (unpaired) electrons. The number of hydrogen-bond acceptors (Lipinski definition) is 3. The Morgan fingerprint density at radius 2 is 1.31 bits per heavy atom. The van der Waals surface area contributed by atoms with Crippen LogP contribution in [0.15, 0.2) is 78.9 Å². The molecule has 3 nitrogen and oxygen atoms in total. The second kappa shape index (κ2) is 13.4. The summed E-state index contributed by atoms with van der Waals surface area (Å²) in [5, 5.41) is 0. The molecule has 0 amide bonds. The van der Waals surface area contributed by atoms with E-state index >= 15 is 8.78 Å². The molecule has 0 unspecified atom stereocenters. The standard InChI is InChI=1S/C34H26F8O3/c1-2-3-4-5-19-17-43-33(44-18-19)23-15-27(36)31(28(37)16-23)34(41,42)45-24-9-6-20(7-10-24)21-8-11-25(26(35)12-21)22-13-29(38)32(40)30(39)14-22/h2-3,6-16,19,33H,4-5,17-18H2,1H3. The monoisotopic (exact) mass is 634 g/mol. The number of halogens is 8. The molecule has 0 aromatic heterocycles. The fourth-order valence-electron chi connectivity index (χ4n) is 4.96. The van der Waals surface area contributed by atoms with Crippen LogP contribution in [0.3, 0.4) is 0 Å². The van der Waals surface area contributed by atoms with E-state index in [1.165, 1.54) is 24.3 Å². The molecule has 5 rings (SSSR count). The lowest BCUT2D eigenvalue weighted by Crippen LogP contribution is -2.28. The topological polar surface area (TPSA) is 27.7 Å². The Balaban J connectivity index is 1.27. The van der Waals surface area contributed by atoms with Crippen molar-refractivity contribution in [1.82, 2.24) is 0 Å². The van der Waals surface area contributed by atoms with Crippen molar-refractivity contribution in [2.24, 2.45) is 5.92 Å². The Kier molecular flexibility index (Phi) is 9.59. The summed E-state index contributed by atoms with van der Waals surface area (Å²) >= 11 is 0. The second-order valence-electron chi connectivity index (χ2n) is 10.5. The van der Waals surface area contributed by atoms with Crippen LogP contribution in [0, 0.1) is 40.8 Å². The molecule has 1 aliphatic rings. The predicted octanol–water partition coefficient (Wildman–Crippen LogP) is 10.0. The molecule has 0 spiro atoms. The molecule has 1 aliphatic heterocycles. The molecule has 4 aromatic carbocycles. The first kappa shape index (κ1) is 32.2. The maximum absolute atomic E-state index is 15.0. The van der Waals surface area contributed by atoms with E-state index in [1.807, 2.05) is 19.1 Å².